The van der Waals surface area contributed by atoms with Crippen LogP contribution in [0.2, 0.25) is 0 Å². The quantitative estimate of drug-likeness (QED) is 0.908. The molecule has 0 bridgehead atoms. The average molecular weight is 304 g/mol. The fourth-order valence-corrected chi connectivity index (χ4v) is 2.42. The molecule has 1 aliphatic heterocycles. The molecular weight excluding hydrogens is 280 g/mol. The van der Waals surface area contributed by atoms with Gasteiger partial charge in [0.05, 0.1) is 13.0 Å². The molecule has 1 fully saturated rings. The van der Waals surface area contributed by atoms with Crippen molar-refractivity contribution in [1.29, 1.82) is 0 Å². The van der Waals surface area contributed by atoms with Crippen LogP contribution in [0.5, 0.6) is 5.75 Å². The van der Waals surface area contributed by atoms with E-state index in [9.17, 15) is 9.59 Å². The summed E-state index contributed by atoms with van der Waals surface area (Å²) in [4.78, 5) is 26.2. The van der Waals surface area contributed by atoms with Gasteiger partial charge in [-0.05, 0) is 44.5 Å². The maximum absolute atomic E-state index is 12.3. The molecular formula is C17H24N2O3. The molecule has 0 aromatic heterocycles. The number of carbonyl (C=O) groups is 2. The van der Waals surface area contributed by atoms with Crippen molar-refractivity contribution in [3.05, 3.63) is 24.3 Å². The molecule has 0 radical (unpaired) electrons. The van der Waals surface area contributed by atoms with Crippen molar-refractivity contribution in [2.75, 3.05) is 18.6 Å². The molecule has 0 saturated carbocycles. The number of carbonyl (C=O) groups excluding carboxylic acids is 2. The van der Waals surface area contributed by atoms with Gasteiger partial charge in [0.15, 0.2) is 0 Å². The first-order chi connectivity index (χ1) is 10.4. The van der Waals surface area contributed by atoms with Crippen LogP contribution in [0.15, 0.2) is 24.3 Å². The monoisotopic (exact) mass is 304 g/mol. The zero-order valence-corrected chi connectivity index (χ0v) is 13.7. The summed E-state index contributed by atoms with van der Waals surface area (Å²) in [6.45, 7) is 6.44. The number of benzene rings is 1. The summed E-state index contributed by atoms with van der Waals surface area (Å²) in [7, 11) is 1.60. The van der Waals surface area contributed by atoms with Crippen molar-refractivity contribution in [2.24, 2.45) is 5.92 Å². The number of methoxy groups -OCH3 is 1. The van der Waals surface area contributed by atoms with Gasteiger partial charge in [0.25, 0.3) is 0 Å². The highest BCUT2D eigenvalue weighted by molar-refractivity contribution is 6.00. The molecule has 2 rings (SSSR count). The number of rotatable bonds is 5. The fourth-order valence-electron chi connectivity index (χ4n) is 2.42. The highest BCUT2D eigenvalue weighted by Gasteiger charge is 2.36. The third kappa shape index (κ3) is 3.59. The molecule has 5 nitrogen and oxygen atoms in total. The van der Waals surface area contributed by atoms with E-state index in [0.29, 0.717) is 6.54 Å². The molecule has 22 heavy (non-hydrogen) atoms. The Morgan fingerprint density at radius 3 is 2.55 bits per heavy atom. The van der Waals surface area contributed by atoms with Gasteiger partial charge in [-0.2, -0.15) is 0 Å². The first-order valence-electron chi connectivity index (χ1n) is 7.62. The zero-order valence-electron chi connectivity index (χ0n) is 13.7. The molecule has 1 atom stereocenters. The van der Waals surface area contributed by atoms with Crippen molar-refractivity contribution >= 4 is 17.5 Å². The van der Waals surface area contributed by atoms with Crippen LogP contribution in [-0.4, -0.2) is 31.0 Å². The second-order valence-corrected chi connectivity index (χ2v) is 6.33. The fraction of sp³-hybridized carbons (Fsp3) is 0.529. The van der Waals surface area contributed by atoms with Crippen LogP contribution < -0.4 is 15.0 Å². The molecule has 1 heterocycles. The summed E-state index contributed by atoms with van der Waals surface area (Å²) in [6, 6.07) is 7.31. The van der Waals surface area contributed by atoms with Gasteiger partial charge < -0.3 is 15.0 Å². The Morgan fingerprint density at radius 1 is 1.36 bits per heavy atom. The first kappa shape index (κ1) is 16.3. The van der Waals surface area contributed by atoms with Crippen LogP contribution in [0.3, 0.4) is 0 Å². The molecule has 120 valence electrons. The number of hydrogen-bond acceptors (Lipinski definition) is 3. The minimum atomic E-state index is -0.291. The van der Waals surface area contributed by atoms with E-state index in [2.05, 4.69) is 5.32 Å². The molecule has 1 saturated heterocycles. The summed E-state index contributed by atoms with van der Waals surface area (Å²) < 4.78 is 5.12. The molecule has 1 aromatic carbocycles. The first-order valence-corrected chi connectivity index (χ1v) is 7.62. The zero-order chi connectivity index (χ0) is 16.3. The summed E-state index contributed by atoms with van der Waals surface area (Å²) in [6.07, 6.45) is 1.11. The van der Waals surface area contributed by atoms with E-state index < -0.39 is 0 Å². The molecule has 1 N–H and O–H groups in total. The lowest BCUT2D eigenvalue weighted by molar-refractivity contribution is -0.127. The van der Waals surface area contributed by atoms with Gasteiger partial charge in [-0.25, -0.2) is 0 Å². The minimum Gasteiger partial charge on any atom is -0.497 e. The topological polar surface area (TPSA) is 58.6 Å². The molecule has 0 unspecified atom stereocenters. The Labute approximate surface area is 131 Å². The molecule has 0 aliphatic carbocycles. The van der Waals surface area contributed by atoms with Gasteiger partial charge in [0.2, 0.25) is 11.8 Å². The highest BCUT2D eigenvalue weighted by atomic mass is 16.5. The molecule has 5 heteroatoms. The number of ether oxygens (including phenoxy) is 1. The summed E-state index contributed by atoms with van der Waals surface area (Å²) in [5.74, 6) is 0.394. The Hall–Kier alpha value is -2.04. The second kappa shape index (κ2) is 6.38. The van der Waals surface area contributed by atoms with Crippen molar-refractivity contribution in [2.45, 2.75) is 39.2 Å². The number of nitrogens with one attached hydrogen (secondary N) is 1. The maximum Gasteiger partial charge on any atom is 0.227 e. The minimum absolute atomic E-state index is 0.0142. The number of hydrogen-bond donors (Lipinski definition) is 1. The predicted molar refractivity (Wildman–Crippen MR) is 86.0 cm³/mol. The van der Waals surface area contributed by atoms with Gasteiger partial charge in [0.1, 0.15) is 5.75 Å². The summed E-state index contributed by atoms with van der Waals surface area (Å²) in [5.41, 5.74) is 0.559. The maximum atomic E-state index is 12.3. The Bertz CT molecular complexity index is 552. The van der Waals surface area contributed by atoms with Crippen LogP contribution >= 0.6 is 0 Å². The second-order valence-electron chi connectivity index (χ2n) is 6.33. The number of anilines is 1. The Balaban J connectivity index is 2.05. The van der Waals surface area contributed by atoms with Crippen LogP contribution in [0.25, 0.3) is 0 Å². The van der Waals surface area contributed by atoms with E-state index in [0.717, 1.165) is 17.9 Å². The van der Waals surface area contributed by atoms with Crippen LogP contribution in [0.1, 0.15) is 33.6 Å². The van der Waals surface area contributed by atoms with Gasteiger partial charge in [0, 0.05) is 24.2 Å². The largest absolute Gasteiger partial charge is 0.497 e. The van der Waals surface area contributed by atoms with Crippen molar-refractivity contribution < 1.29 is 14.3 Å². The van der Waals surface area contributed by atoms with Gasteiger partial charge in [-0.1, -0.05) is 6.92 Å². The number of amides is 2. The van der Waals surface area contributed by atoms with E-state index in [1.807, 2.05) is 45.0 Å². The third-order valence-electron chi connectivity index (χ3n) is 4.23. The Kier molecular flexibility index (Phi) is 4.74. The van der Waals surface area contributed by atoms with Gasteiger partial charge in [-0.3, -0.25) is 9.59 Å². The van der Waals surface area contributed by atoms with Crippen molar-refractivity contribution in [3.8, 4) is 5.75 Å². The average Bonchev–Trinajstić information content (AvgIpc) is 2.89. The SMILES string of the molecule is CCC(C)(C)NC(=O)[C@H]1CC(=O)N(c2ccc(OC)cc2)C1. The lowest BCUT2D eigenvalue weighted by Gasteiger charge is -2.26. The van der Waals surface area contributed by atoms with E-state index >= 15 is 0 Å². The Morgan fingerprint density at radius 2 is 2.00 bits per heavy atom. The van der Waals surface area contributed by atoms with E-state index in [-0.39, 0.29) is 29.7 Å². The lowest BCUT2D eigenvalue weighted by Crippen LogP contribution is -2.46. The normalized spacial score (nSPS) is 18.5. The lowest BCUT2D eigenvalue weighted by atomic mass is 9.99. The van der Waals surface area contributed by atoms with Gasteiger partial charge >= 0.3 is 0 Å². The van der Waals surface area contributed by atoms with E-state index in [4.69, 9.17) is 4.74 Å². The van der Waals surface area contributed by atoms with Crippen LogP contribution in [0, 0.1) is 5.92 Å². The molecule has 1 aromatic rings. The summed E-state index contributed by atoms with van der Waals surface area (Å²) in [5, 5.41) is 3.02. The highest BCUT2D eigenvalue weighted by Crippen LogP contribution is 2.27. The standard InChI is InChI=1S/C17H24N2O3/c1-5-17(2,3)18-16(21)12-10-15(20)19(11-12)13-6-8-14(22-4)9-7-13/h6-9,12H,5,10-11H2,1-4H3,(H,18,21)/t12-/m0/s1. The molecule has 1 aliphatic rings. The van der Waals surface area contributed by atoms with Crippen LogP contribution in [-0.2, 0) is 9.59 Å². The van der Waals surface area contributed by atoms with E-state index in [1.165, 1.54) is 0 Å². The molecule has 2 amide bonds. The predicted octanol–water partition coefficient (Wildman–Crippen LogP) is 2.35. The van der Waals surface area contributed by atoms with Crippen molar-refractivity contribution in [1.82, 2.24) is 5.32 Å². The van der Waals surface area contributed by atoms with Gasteiger partial charge in [-0.15, -0.1) is 0 Å². The number of nitrogens with zero attached hydrogens (tertiary/aromatic N) is 1. The van der Waals surface area contributed by atoms with Crippen LogP contribution in [0.4, 0.5) is 5.69 Å². The third-order valence-corrected chi connectivity index (χ3v) is 4.23. The van der Waals surface area contributed by atoms with Crippen molar-refractivity contribution in [3.63, 3.8) is 0 Å². The molecule has 0 spiro atoms. The van der Waals surface area contributed by atoms with E-state index in [1.54, 1.807) is 12.0 Å². The summed E-state index contributed by atoms with van der Waals surface area (Å²) >= 11 is 0. The smallest absolute Gasteiger partial charge is 0.227 e.